The molecular formula is C16H23ClN2O2. The summed E-state index contributed by atoms with van der Waals surface area (Å²) in [5.41, 5.74) is 6.90. The van der Waals surface area contributed by atoms with Crippen molar-refractivity contribution in [3.8, 4) is 0 Å². The number of halogens is 1. The molecule has 2 rings (SSSR count). The van der Waals surface area contributed by atoms with E-state index in [-0.39, 0.29) is 24.0 Å². The van der Waals surface area contributed by atoms with E-state index in [0.29, 0.717) is 11.6 Å². The third-order valence-corrected chi connectivity index (χ3v) is 4.29. The molecule has 1 aromatic carbocycles. The van der Waals surface area contributed by atoms with Crippen molar-refractivity contribution in [2.45, 2.75) is 37.8 Å². The number of nitrogens with two attached hydrogens (primary N) is 1. The average Bonchev–Trinajstić information content (AvgIpc) is 2.48. The summed E-state index contributed by atoms with van der Waals surface area (Å²) in [6, 6.07) is 7.66. The van der Waals surface area contributed by atoms with Gasteiger partial charge in [0.25, 0.3) is 0 Å². The van der Waals surface area contributed by atoms with E-state index in [4.69, 9.17) is 22.1 Å². The van der Waals surface area contributed by atoms with E-state index in [1.807, 2.05) is 24.3 Å². The molecule has 21 heavy (non-hydrogen) atoms. The maximum absolute atomic E-state index is 12.2. The Hall–Kier alpha value is -1.10. The number of carbonyl (C=O) groups is 1. The molecule has 1 amide bonds. The van der Waals surface area contributed by atoms with Gasteiger partial charge in [0.2, 0.25) is 5.91 Å². The molecule has 1 aliphatic carbocycles. The second-order valence-electron chi connectivity index (χ2n) is 5.65. The summed E-state index contributed by atoms with van der Waals surface area (Å²) in [4.78, 5) is 12.2. The Labute approximate surface area is 131 Å². The average molecular weight is 311 g/mol. The third-order valence-electron chi connectivity index (χ3n) is 4.05. The molecule has 0 radical (unpaired) electrons. The molecule has 4 nitrogen and oxygen atoms in total. The van der Waals surface area contributed by atoms with Gasteiger partial charge in [-0.3, -0.25) is 4.79 Å². The van der Waals surface area contributed by atoms with Gasteiger partial charge in [0.05, 0.1) is 6.10 Å². The van der Waals surface area contributed by atoms with Crippen LogP contribution in [0.25, 0.3) is 0 Å². The summed E-state index contributed by atoms with van der Waals surface area (Å²) in [6.45, 7) is 0.446. The first kappa shape index (κ1) is 16.3. The van der Waals surface area contributed by atoms with Gasteiger partial charge in [-0.2, -0.15) is 0 Å². The predicted molar refractivity (Wildman–Crippen MR) is 84.1 cm³/mol. The van der Waals surface area contributed by atoms with Gasteiger partial charge in [-0.05, 0) is 37.0 Å². The number of carbonyl (C=O) groups excluding carboxylic acids is 1. The fourth-order valence-corrected chi connectivity index (χ4v) is 3.05. The number of amides is 1. The Bertz CT molecular complexity index is 481. The Kier molecular flexibility index (Phi) is 6.03. The van der Waals surface area contributed by atoms with Crippen LogP contribution in [0.4, 0.5) is 0 Å². The monoisotopic (exact) mass is 310 g/mol. The molecule has 1 fully saturated rings. The molecule has 3 atom stereocenters. The van der Waals surface area contributed by atoms with Gasteiger partial charge in [0.15, 0.2) is 0 Å². The zero-order valence-electron chi connectivity index (χ0n) is 12.3. The smallest absolute Gasteiger partial charge is 0.223 e. The molecule has 0 aromatic heterocycles. The van der Waals surface area contributed by atoms with Crippen molar-refractivity contribution in [3.63, 3.8) is 0 Å². The van der Waals surface area contributed by atoms with E-state index in [1.54, 1.807) is 7.11 Å². The maximum Gasteiger partial charge on any atom is 0.223 e. The minimum absolute atomic E-state index is 0.0330. The first-order chi connectivity index (χ1) is 10.1. The molecule has 5 heteroatoms. The van der Waals surface area contributed by atoms with E-state index in [2.05, 4.69) is 5.32 Å². The van der Waals surface area contributed by atoms with Gasteiger partial charge < -0.3 is 15.8 Å². The van der Waals surface area contributed by atoms with E-state index in [1.165, 1.54) is 0 Å². The number of methoxy groups -OCH3 is 1. The van der Waals surface area contributed by atoms with Crippen LogP contribution < -0.4 is 11.1 Å². The Morgan fingerprint density at radius 1 is 1.52 bits per heavy atom. The Morgan fingerprint density at radius 3 is 3.00 bits per heavy atom. The molecular weight excluding hydrogens is 288 g/mol. The maximum atomic E-state index is 12.2. The lowest BCUT2D eigenvalue weighted by molar-refractivity contribution is -0.126. The molecule has 1 saturated carbocycles. The number of nitrogens with one attached hydrogen (secondary N) is 1. The van der Waals surface area contributed by atoms with Crippen LogP contribution in [-0.4, -0.2) is 25.6 Å². The van der Waals surface area contributed by atoms with E-state index < -0.39 is 0 Å². The van der Waals surface area contributed by atoms with E-state index >= 15 is 0 Å². The topological polar surface area (TPSA) is 64.3 Å². The van der Waals surface area contributed by atoms with Crippen molar-refractivity contribution < 1.29 is 9.53 Å². The van der Waals surface area contributed by atoms with Crippen LogP contribution in [0.1, 0.15) is 37.4 Å². The normalized spacial score (nSPS) is 23.6. The number of benzene rings is 1. The summed E-state index contributed by atoms with van der Waals surface area (Å²) in [5.74, 6) is 0.111. The molecule has 0 saturated heterocycles. The fourth-order valence-electron chi connectivity index (χ4n) is 2.85. The zero-order valence-corrected chi connectivity index (χ0v) is 13.1. The summed E-state index contributed by atoms with van der Waals surface area (Å²) in [7, 11) is 1.63. The van der Waals surface area contributed by atoms with Gasteiger partial charge in [0.1, 0.15) is 0 Å². The molecule has 0 aliphatic heterocycles. The summed E-state index contributed by atoms with van der Waals surface area (Å²) in [6.07, 6.45) is 3.56. The minimum Gasteiger partial charge on any atom is -0.375 e. The van der Waals surface area contributed by atoms with Crippen LogP contribution in [0.2, 0.25) is 5.02 Å². The molecule has 0 heterocycles. The second-order valence-corrected chi connectivity index (χ2v) is 6.08. The third kappa shape index (κ3) is 4.70. The van der Waals surface area contributed by atoms with Crippen molar-refractivity contribution in [1.29, 1.82) is 0 Å². The highest BCUT2D eigenvalue weighted by molar-refractivity contribution is 6.30. The van der Waals surface area contributed by atoms with Crippen molar-refractivity contribution in [3.05, 3.63) is 34.9 Å². The van der Waals surface area contributed by atoms with Crippen LogP contribution in [0.5, 0.6) is 0 Å². The molecule has 116 valence electrons. The summed E-state index contributed by atoms with van der Waals surface area (Å²) < 4.78 is 5.45. The quantitative estimate of drug-likeness (QED) is 0.879. The van der Waals surface area contributed by atoms with Crippen LogP contribution >= 0.6 is 11.6 Å². The predicted octanol–water partition coefficient (Wildman–Crippen LogP) is 2.66. The zero-order chi connectivity index (χ0) is 15.2. The standard InChI is InChI=1S/C16H23ClN2O2/c1-21-15(11-4-2-6-13(17)8-11)10-19-16(20)12-5-3-7-14(18)9-12/h2,4,6,8,12,14-15H,3,5,7,9-10,18H2,1H3,(H,19,20). The number of ether oxygens (including phenoxy) is 1. The Morgan fingerprint density at radius 2 is 2.33 bits per heavy atom. The van der Waals surface area contributed by atoms with Crippen molar-refractivity contribution in [2.75, 3.05) is 13.7 Å². The van der Waals surface area contributed by atoms with E-state index in [9.17, 15) is 4.79 Å². The molecule has 3 unspecified atom stereocenters. The van der Waals surface area contributed by atoms with Crippen LogP contribution in [0.15, 0.2) is 24.3 Å². The fraction of sp³-hybridized carbons (Fsp3) is 0.562. The second kappa shape index (κ2) is 7.78. The molecule has 0 bridgehead atoms. The van der Waals surface area contributed by atoms with Gasteiger partial charge in [-0.15, -0.1) is 0 Å². The van der Waals surface area contributed by atoms with Crippen LogP contribution in [0.3, 0.4) is 0 Å². The van der Waals surface area contributed by atoms with Gasteiger partial charge in [0, 0.05) is 30.6 Å². The first-order valence-electron chi connectivity index (χ1n) is 7.41. The van der Waals surface area contributed by atoms with Gasteiger partial charge in [-0.1, -0.05) is 30.2 Å². The van der Waals surface area contributed by atoms with Crippen LogP contribution in [0, 0.1) is 5.92 Å². The lowest BCUT2D eigenvalue weighted by Crippen LogP contribution is -2.39. The molecule has 3 N–H and O–H groups in total. The SMILES string of the molecule is COC(CNC(=O)C1CCCC(N)C1)c1cccc(Cl)c1. The highest BCUT2D eigenvalue weighted by Gasteiger charge is 2.25. The van der Waals surface area contributed by atoms with Crippen molar-refractivity contribution >= 4 is 17.5 Å². The van der Waals surface area contributed by atoms with Crippen LogP contribution in [-0.2, 0) is 9.53 Å². The van der Waals surface area contributed by atoms with Gasteiger partial charge in [-0.25, -0.2) is 0 Å². The number of hydrogen-bond acceptors (Lipinski definition) is 3. The largest absolute Gasteiger partial charge is 0.375 e. The minimum atomic E-state index is -0.190. The van der Waals surface area contributed by atoms with Crippen molar-refractivity contribution in [2.24, 2.45) is 11.7 Å². The molecule has 0 spiro atoms. The highest BCUT2D eigenvalue weighted by Crippen LogP contribution is 2.24. The first-order valence-corrected chi connectivity index (χ1v) is 7.79. The van der Waals surface area contributed by atoms with Crippen molar-refractivity contribution in [1.82, 2.24) is 5.32 Å². The lowest BCUT2D eigenvalue weighted by Gasteiger charge is -2.26. The molecule has 1 aromatic rings. The summed E-state index contributed by atoms with van der Waals surface area (Å²) in [5, 5.41) is 3.65. The molecule has 1 aliphatic rings. The number of hydrogen-bond donors (Lipinski definition) is 2. The summed E-state index contributed by atoms with van der Waals surface area (Å²) >= 11 is 5.99. The van der Waals surface area contributed by atoms with Gasteiger partial charge >= 0.3 is 0 Å². The highest BCUT2D eigenvalue weighted by atomic mass is 35.5. The lowest BCUT2D eigenvalue weighted by atomic mass is 9.85. The number of rotatable bonds is 5. The van der Waals surface area contributed by atoms with E-state index in [0.717, 1.165) is 31.2 Å². The Balaban J connectivity index is 1.89.